The second kappa shape index (κ2) is 9.24. The van der Waals surface area contributed by atoms with Crippen LogP contribution < -0.4 is 9.47 Å². The fraction of sp³-hybridized carbons (Fsp3) is 0.174. The Hall–Kier alpha value is -3.05. The van der Waals surface area contributed by atoms with E-state index in [2.05, 4.69) is 6.07 Å². The first kappa shape index (κ1) is 19.7. The van der Waals surface area contributed by atoms with E-state index in [1.807, 2.05) is 48.5 Å². The summed E-state index contributed by atoms with van der Waals surface area (Å²) in [5, 5.41) is 0. The number of carbonyl (C=O) groups is 1. The van der Waals surface area contributed by atoms with E-state index in [9.17, 15) is 4.79 Å². The molecule has 4 nitrogen and oxygen atoms in total. The second-order valence-corrected chi connectivity index (χ2v) is 7.02. The third-order valence-electron chi connectivity index (χ3n) is 4.17. The van der Waals surface area contributed by atoms with Crippen molar-refractivity contribution in [3.8, 4) is 33.1 Å². The monoisotopic (exact) mass is 394 g/mol. The largest absolute Gasteiger partial charge is 0.497 e. The number of thiophene rings is 1. The molecule has 0 amide bonds. The molecular weight excluding hydrogens is 372 g/mol. The van der Waals surface area contributed by atoms with E-state index in [1.165, 1.54) is 6.08 Å². The Morgan fingerprint density at radius 1 is 0.929 bits per heavy atom. The summed E-state index contributed by atoms with van der Waals surface area (Å²) in [4.78, 5) is 13.8. The summed E-state index contributed by atoms with van der Waals surface area (Å²) >= 11 is 1.62. The fourth-order valence-corrected chi connectivity index (χ4v) is 3.86. The van der Waals surface area contributed by atoms with Crippen molar-refractivity contribution >= 4 is 23.4 Å². The van der Waals surface area contributed by atoms with E-state index in [0.29, 0.717) is 6.61 Å². The summed E-state index contributed by atoms with van der Waals surface area (Å²) in [5.74, 6) is 1.29. The maximum Gasteiger partial charge on any atom is 0.330 e. The Balaban J connectivity index is 2.02. The van der Waals surface area contributed by atoms with Crippen LogP contribution in [0.25, 0.3) is 27.6 Å². The molecule has 1 heterocycles. The van der Waals surface area contributed by atoms with Gasteiger partial charge in [0.15, 0.2) is 0 Å². The highest BCUT2D eigenvalue weighted by molar-refractivity contribution is 7.17. The summed E-state index contributed by atoms with van der Waals surface area (Å²) in [5.41, 5.74) is 3.27. The van der Waals surface area contributed by atoms with Crippen molar-refractivity contribution in [2.75, 3.05) is 20.8 Å². The molecule has 0 aliphatic carbocycles. The number of esters is 1. The van der Waals surface area contributed by atoms with Crippen LogP contribution in [0.4, 0.5) is 0 Å². The molecule has 0 bridgehead atoms. The number of hydrogen-bond acceptors (Lipinski definition) is 5. The first-order valence-electron chi connectivity index (χ1n) is 8.92. The topological polar surface area (TPSA) is 44.8 Å². The van der Waals surface area contributed by atoms with Gasteiger partial charge in [0.2, 0.25) is 0 Å². The van der Waals surface area contributed by atoms with Crippen LogP contribution in [0, 0.1) is 0 Å². The summed E-state index contributed by atoms with van der Waals surface area (Å²) < 4.78 is 15.5. The minimum absolute atomic E-state index is 0.340. The molecule has 0 radical (unpaired) electrons. The van der Waals surface area contributed by atoms with E-state index >= 15 is 0 Å². The predicted octanol–water partition coefficient (Wildman–Crippen LogP) is 5.68. The van der Waals surface area contributed by atoms with Gasteiger partial charge in [-0.3, -0.25) is 0 Å². The van der Waals surface area contributed by atoms with Crippen LogP contribution in [0.1, 0.15) is 11.8 Å². The molecule has 3 aromatic rings. The maximum absolute atomic E-state index is 11.7. The molecular formula is C23H22O4S. The smallest absolute Gasteiger partial charge is 0.330 e. The molecule has 0 aliphatic rings. The zero-order valence-corrected chi connectivity index (χ0v) is 16.9. The Bertz CT molecular complexity index is 888. The van der Waals surface area contributed by atoms with Crippen LogP contribution in [-0.4, -0.2) is 26.8 Å². The lowest BCUT2D eigenvalue weighted by Crippen LogP contribution is -1.98. The highest BCUT2D eigenvalue weighted by Gasteiger charge is 2.13. The molecule has 3 rings (SSSR count). The number of methoxy groups -OCH3 is 2. The van der Waals surface area contributed by atoms with Gasteiger partial charge in [-0.1, -0.05) is 12.1 Å². The van der Waals surface area contributed by atoms with Gasteiger partial charge in [-0.15, -0.1) is 11.3 Å². The van der Waals surface area contributed by atoms with Crippen LogP contribution in [0.15, 0.2) is 60.7 Å². The van der Waals surface area contributed by atoms with E-state index < -0.39 is 0 Å². The number of benzene rings is 2. The van der Waals surface area contributed by atoms with Crippen LogP contribution in [0.5, 0.6) is 11.5 Å². The molecule has 5 heteroatoms. The molecule has 0 aliphatic heterocycles. The Kier molecular flexibility index (Phi) is 6.50. The second-order valence-electron chi connectivity index (χ2n) is 5.93. The average Bonchev–Trinajstić information content (AvgIpc) is 3.17. The van der Waals surface area contributed by atoms with Crippen molar-refractivity contribution in [2.24, 2.45) is 0 Å². The predicted molar refractivity (Wildman–Crippen MR) is 114 cm³/mol. The lowest BCUT2D eigenvalue weighted by molar-refractivity contribution is -0.137. The molecule has 0 atom stereocenters. The van der Waals surface area contributed by atoms with Gasteiger partial charge in [-0.05, 0) is 66.6 Å². The highest BCUT2D eigenvalue weighted by atomic mass is 32.1. The normalized spacial score (nSPS) is 10.8. The number of ether oxygens (including phenoxy) is 3. The van der Waals surface area contributed by atoms with Gasteiger partial charge in [0.05, 0.1) is 20.8 Å². The van der Waals surface area contributed by atoms with E-state index in [4.69, 9.17) is 14.2 Å². The Morgan fingerprint density at radius 3 is 2.04 bits per heavy atom. The molecule has 0 saturated carbocycles. The summed E-state index contributed by atoms with van der Waals surface area (Å²) in [6.07, 6.45) is 3.26. The van der Waals surface area contributed by atoms with E-state index in [0.717, 1.165) is 37.9 Å². The zero-order chi connectivity index (χ0) is 19.9. The van der Waals surface area contributed by atoms with Crippen LogP contribution in [0.3, 0.4) is 0 Å². The first-order valence-corrected chi connectivity index (χ1v) is 9.73. The van der Waals surface area contributed by atoms with Gasteiger partial charge >= 0.3 is 5.97 Å². The Labute approximate surface area is 169 Å². The van der Waals surface area contributed by atoms with Gasteiger partial charge in [-0.2, -0.15) is 0 Å². The molecule has 0 spiro atoms. The minimum atomic E-state index is -0.340. The van der Waals surface area contributed by atoms with Crippen molar-refractivity contribution in [3.05, 3.63) is 65.6 Å². The van der Waals surface area contributed by atoms with Crippen molar-refractivity contribution < 1.29 is 19.0 Å². The minimum Gasteiger partial charge on any atom is -0.497 e. The van der Waals surface area contributed by atoms with Crippen LogP contribution in [0.2, 0.25) is 0 Å². The first-order chi connectivity index (χ1) is 13.6. The fourth-order valence-electron chi connectivity index (χ4n) is 2.77. The molecule has 0 saturated heterocycles. The number of rotatable bonds is 7. The van der Waals surface area contributed by atoms with Gasteiger partial charge < -0.3 is 14.2 Å². The lowest BCUT2D eigenvalue weighted by Gasteiger charge is -2.07. The molecule has 2 aromatic carbocycles. The number of hydrogen-bond donors (Lipinski definition) is 0. The molecule has 1 aromatic heterocycles. The van der Waals surface area contributed by atoms with E-state index in [-0.39, 0.29) is 5.97 Å². The van der Waals surface area contributed by atoms with Crippen molar-refractivity contribution in [1.82, 2.24) is 0 Å². The van der Waals surface area contributed by atoms with Gasteiger partial charge in [0.25, 0.3) is 0 Å². The third-order valence-corrected chi connectivity index (χ3v) is 5.32. The summed E-state index contributed by atoms with van der Waals surface area (Å²) in [6.45, 7) is 2.16. The molecule has 0 fully saturated rings. The van der Waals surface area contributed by atoms with Gasteiger partial charge in [0.1, 0.15) is 11.5 Å². The summed E-state index contributed by atoms with van der Waals surface area (Å²) in [7, 11) is 3.31. The van der Waals surface area contributed by atoms with Crippen LogP contribution in [-0.2, 0) is 9.53 Å². The van der Waals surface area contributed by atoms with Gasteiger partial charge in [-0.25, -0.2) is 4.79 Å². The maximum atomic E-state index is 11.7. The quantitative estimate of drug-likeness (QED) is 0.382. The molecule has 0 N–H and O–H groups in total. The lowest BCUT2D eigenvalue weighted by atomic mass is 10.0. The molecule has 144 valence electrons. The summed E-state index contributed by atoms with van der Waals surface area (Å²) in [6, 6.07) is 18.0. The molecule has 0 unspecified atom stereocenters. The average molecular weight is 394 g/mol. The van der Waals surface area contributed by atoms with Gasteiger partial charge in [0, 0.05) is 21.4 Å². The molecule has 28 heavy (non-hydrogen) atoms. The van der Waals surface area contributed by atoms with Crippen molar-refractivity contribution in [2.45, 2.75) is 6.92 Å². The zero-order valence-electron chi connectivity index (χ0n) is 16.1. The Morgan fingerprint density at radius 2 is 1.50 bits per heavy atom. The van der Waals surface area contributed by atoms with Crippen molar-refractivity contribution in [3.63, 3.8) is 0 Å². The van der Waals surface area contributed by atoms with E-state index in [1.54, 1.807) is 38.6 Å². The SMILES string of the molecule is CCOC(=O)C=Cc1cc(-c2ccc(OC)cc2)c(-c2ccc(OC)cc2)s1. The van der Waals surface area contributed by atoms with Crippen molar-refractivity contribution in [1.29, 1.82) is 0 Å². The standard InChI is InChI=1S/C23H22O4S/c1-4-27-22(24)14-13-20-15-21(16-5-9-18(25-2)10-6-16)23(28-20)17-7-11-19(26-3)12-8-17/h5-15H,4H2,1-3H3. The highest BCUT2D eigenvalue weighted by Crippen LogP contribution is 2.40. The van der Waals surface area contributed by atoms with Crippen LogP contribution >= 0.6 is 11.3 Å². The third kappa shape index (κ3) is 4.61. The number of carbonyl (C=O) groups excluding carboxylic acids is 1.